The Morgan fingerprint density at radius 1 is 1.06 bits per heavy atom. The summed E-state index contributed by atoms with van der Waals surface area (Å²) in [7, 11) is 3.97. The van der Waals surface area contributed by atoms with Crippen molar-refractivity contribution in [1.29, 1.82) is 5.26 Å². The van der Waals surface area contributed by atoms with E-state index in [1.807, 2.05) is 37.1 Å². The quantitative estimate of drug-likeness (QED) is 0.626. The van der Waals surface area contributed by atoms with Gasteiger partial charge < -0.3 is 10.2 Å². The van der Waals surface area contributed by atoms with Crippen LogP contribution >= 0.6 is 0 Å². The molecule has 3 aromatic rings. The number of aryl methyl sites for hydroxylation is 1. The largest absolute Gasteiger partial charge is 0.341 e. The second kappa shape index (κ2) is 9.60. The first-order valence-electron chi connectivity index (χ1n) is 12.4. The molecule has 2 fully saturated rings. The van der Waals surface area contributed by atoms with Crippen LogP contribution in [0, 0.1) is 23.2 Å². The predicted molar refractivity (Wildman–Crippen MR) is 133 cm³/mol. The lowest BCUT2D eigenvalue weighted by atomic mass is 9.81. The summed E-state index contributed by atoms with van der Waals surface area (Å²) in [6, 6.07) is 16.7. The molecule has 6 nitrogen and oxygen atoms in total. The Labute approximate surface area is 201 Å². The lowest BCUT2D eigenvalue weighted by Gasteiger charge is -2.30. The Hall–Kier alpha value is -3.17. The van der Waals surface area contributed by atoms with Gasteiger partial charge in [0.25, 0.3) is 0 Å². The van der Waals surface area contributed by atoms with Crippen molar-refractivity contribution in [3.63, 3.8) is 0 Å². The number of hydrogen-bond donors (Lipinski definition) is 1. The zero-order chi connectivity index (χ0) is 23.7. The summed E-state index contributed by atoms with van der Waals surface area (Å²) in [6.45, 7) is 2.52. The van der Waals surface area contributed by atoms with Crippen LogP contribution in [0.2, 0.25) is 0 Å². The number of carbonyl (C=O) groups excluding carboxylic acids is 1. The molecular formula is C28H33N5O. The van der Waals surface area contributed by atoms with Crippen molar-refractivity contribution in [3.8, 4) is 6.07 Å². The van der Waals surface area contributed by atoms with Crippen LogP contribution in [0.15, 0.2) is 48.7 Å². The Balaban J connectivity index is 1.40. The van der Waals surface area contributed by atoms with Gasteiger partial charge in [0, 0.05) is 43.3 Å². The molecule has 1 aliphatic heterocycles. The fraction of sp³-hybridized carbons (Fsp3) is 0.464. The zero-order valence-corrected chi connectivity index (χ0v) is 20.1. The Morgan fingerprint density at radius 3 is 2.41 bits per heavy atom. The van der Waals surface area contributed by atoms with E-state index in [2.05, 4.69) is 51.7 Å². The van der Waals surface area contributed by atoms with Crippen molar-refractivity contribution in [1.82, 2.24) is 20.0 Å². The predicted octanol–water partition coefficient (Wildman–Crippen LogP) is 4.18. The Kier molecular flexibility index (Phi) is 6.38. The third-order valence-electron chi connectivity index (χ3n) is 7.99. The normalized spacial score (nSPS) is 24.9. The van der Waals surface area contributed by atoms with E-state index in [4.69, 9.17) is 0 Å². The van der Waals surface area contributed by atoms with Crippen LogP contribution in [0.3, 0.4) is 0 Å². The van der Waals surface area contributed by atoms with Crippen LogP contribution < -0.4 is 5.32 Å². The number of carbonyl (C=O) groups is 1. The van der Waals surface area contributed by atoms with Gasteiger partial charge in [0.15, 0.2) is 0 Å². The number of aromatic nitrogens is 2. The van der Waals surface area contributed by atoms with Crippen LogP contribution in [0.25, 0.3) is 10.9 Å². The van der Waals surface area contributed by atoms with E-state index < -0.39 is 0 Å². The molecule has 2 aliphatic rings. The van der Waals surface area contributed by atoms with Gasteiger partial charge in [0.05, 0.1) is 23.3 Å². The minimum Gasteiger partial charge on any atom is -0.341 e. The third kappa shape index (κ3) is 4.33. The number of benzene rings is 2. The minimum atomic E-state index is 0.147. The van der Waals surface area contributed by atoms with Crippen LogP contribution in [-0.4, -0.2) is 47.3 Å². The molecular weight excluding hydrogens is 422 g/mol. The van der Waals surface area contributed by atoms with Crippen LogP contribution in [0.5, 0.6) is 0 Å². The highest BCUT2D eigenvalue weighted by Crippen LogP contribution is 2.42. The number of hydrogen-bond acceptors (Lipinski definition) is 4. The first-order chi connectivity index (χ1) is 16.6. The second-order valence-electron chi connectivity index (χ2n) is 10.1. The Morgan fingerprint density at radius 2 is 1.74 bits per heavy atom. The average Bonchev–Trinajstić information content (AvgIpc) is 3.48. The van der Waals surface area contributed by atoms with Gasteiger partial charge in [0.2, 0.25) is 5.91 Å². The maximum Gasteiger partial charge on any atom is 0.225 e. The lowest BCUT2D eigenvalue weighted by Crippen LogP contribution is -2.37. The summed E-state index contributed by atoms with van der Waals surface area (Å²) in [4.78, 5) is 15.7. The molecule has 0 radical (unpaired) electrons. The van der Waals surface area contributed by atoms with E-state index in [-0.39, 0.29) is 17.8 Å². The monoisotopic (exact) mass is 455 g/mol. The van der Waals surface area contributed by atoms with E-state index >= 15 is 0 Å². The number of nitriles is 1. The van der Waals surface area contributed by atoms with Crippen molar-refractivity contribution in [2.75, 3.05) is 26.7 Å². The molecule has 1 saturated heterocycles. The van der Waals surface area contributed by atoms with E-state index in [9.17, 15) is 10.1 Å². The molecule has 6 heteroatoms. The van der Waals surface area contributed by atoms with Crippen LogP contribution in [-0.2, 0) is 11.8 Å². The molecule has 2 aromatic carbocycles. The third-order valence-corrected chi connectivity index (χ3v) is 7.99. The van der Waals surface area contributed by atoms with Crippen molar-refractivity contribution in [2.45, 2.75) is 37.5 Å². The second-order valence-corrected chi connectivity index (χ2v) is 10.1. The highest BCUT2D eigenvalue weighted by molar-refractivity contribution is 5.81. The van der Waals surface area contributed by atoms with Crippen molar-refractivity contribution in [2.24, 2.45) is 18.9 Å². The minimum absolute atomic E-state index is 0.147. The highest BCUT2D eigenvalue weighted by atomic mass is 16.2. The van der Waals surface area contributed by atoms with E-state index in [1.165, 1.54) is 11.1 Å². The number of nitrogens with zero attached hydrogens (tertiary/aromatic N) is 4. The molecule has 5 rings (SSSR count). The van der Waals surface area contributed by atoms with Gasteiger partial charge >= 0.3 is 0 Å². The summed E-state index contributed by atoms with van der Waals surface area (Å²) in [5.74, 6) is 1.60. The first kappa shape index (κ1) is 22.6. The van der Waals surface area contributed by atoms with E-state index in [1.54, 1.807) is 0 Å². The van der Waals surface area contributed by atoms with Gasteiger partial charge in [-0.05, 0) is 80.6 Å². The Bertz CT molecular complexity index is 1200. The van der Waals surface area contributed by atoms with Gasteiger partial charge in [0.1, 0.15) is 0 Å². The number of amides is 1. The smallest absolute Gasteiger partial charge is 0.225 e. The van der Waals surface area contributed by atoms with Crippen LogP contribution in [0.1, 0.15) is 54.2 Å². The number of fused-ring (bicyclic) bond motifs is 1. The molecule has 34 heavy (non-hydrogen) atoms. The summed E-state index contributed by atoms with van der Waals surface area (Å²) in [5, 5.41) is 18.0. The average molecular weight is 456 g/mol. The maximum atomic E-state index is 13.6. The molecule has 2 atom stereocenters. The molecule has 0 bridgehead atoms. The fourth-order valence-electron chi connectivity index (χ4n) is 6.04. The van der Waals surface area contributed by atoms with Crippen molar-refractivity contribution < 1.29 is 4.79 Å². The lowest BCUT2D eigenvalue weighted by molar-refractivity contribution is -0.135. The molecule has 1 N–H and O–H groups in total. The van der Waals surface area contributed by atoms with Crippen LogP contribution in [0.4, 0.5) is 0 Å². The number of nitrogens with one attached hydrogen (secondary N) is 1. The molecule has 2 heterocycles. The van der Waals surface area contributed by atoms with Gasteiger partial charge in [-0.25, -0.2) is 0 Å². The molecule has 0 unspecified atom stereocenters. The van der Waals surface area contributed by atoms with Crippen molar-refractivity contribution >= 4 is 16.8 Å². The van der Waals surface area contributed by atoms with Gasteiger partial charge in [-0.1, -0.05) is 18.2 Å². The first-order valence-corrected chi connectivity index (χ1v) is 12.4. The summed E-state index contributed by atoms with van der Waals surface area (Å²) >= 11 is 0. The summed E-state index contributed by atoms with van der Waals surface area (Å²) in [5.41, 5.74) is 4.23. The molecule has 176 valence electrons. The van der Waals surface area contributed by atoms with Crippen molar-refractivity contribution in [3.05, 3.63) is 65.4 Å². The molecule has 1 aliphatic carbocycles. The van der Waals surface area contributed by atoms with Gasteiger partial charge in [-0.3, -0.25) is 9.48 Å². The van der Waals surface area contributed by atoms with Gasteiger partial charge in [-0.2, -0.15) is 10.4 Å². The van der Waals surface area contributed by atoms with Gasteiger partial charge in [-0.15, -0.1) is 0 Å². The number of likely N-dealkylation sites (tertiary alicyclic amines) is 1. The summed E-state index contributed by atoms with van der Waals surface area (Å²) < 4.78 is 1.89. The molecule has 0 spiro atoms. The summed E-state index contributed by atoms with van der Waals surface area (Å²) in [6.07, 6.45) is 6.17. The maximum absolute atomic E-state index is 13.6. The topological polar surface area (TPSA) is 74.0 Å². The number of rotatable bonds is 5. The van der Waals surface area contributed by atoms with E-state index in [0.29, 0.717) is 17.4 Å². The van der Waals surface area contributed by atoms with E-state index in [0.717, 1.165) is 56.2 Å². The SMILES string of the molecule is CNCC1CCC(C(=O)N2C[C@@H](c3ccc(C#N)cc3)[C@H](c3ccc4c(cnn4C)c3)C2)CC1. The molecule has 1 amide bonds. The highest BCUT2D eigenvalue weighted by Gasteiger charge is 2.39. The molecule has 1 saturated carbocycles. The molecule has 1 aromatic heterocycles. The fourth-order valence-corrected chi connectivity index (χ4v) is 6.04. The zero-order valence-electron chi connectivity index (χ0n) is 20.1. The standard InChI is InChI=1S/C28H33N5O/c1-30-15-20-5-9-22(10-6-20)28(34)33-17-25(21-7-3-19(14-29)4-8-21)26(18-33)23-11-12-27-24(13-23)16-31-32(27)2/h3-4,7-8,11-13,16,20,22,25-26,30H,5-6,9-10,15,17-18H2,1-2H3/t20?,22?,25-,26-/m0/s1.